The molecular formula is C19H24ClFIN5. The van der Waals surface area contributed by atoms with Crippen LogP contribution in [0.1, 0.15) is 18.9 Å². The topological polar surface area (TPSA) is 52.6 Å². The highest BCUT2D eigenvalue weighted by Crippen LogP contribution is 2.21. The third-order valence-electron chi connectivity index (χ3n) is 4.28. The minimum Gasteiger partial charge on any atom is -0.357 e. The first-order valence-electron chi connectivity index (χ1n) is 8.81. The Balaban J connectivity index is 0.00000261. The molecule has 1 aliphatic rings. The standard InChI is InChI=1S/C19H23ClFN5.HI/c1-2-22-19(24-12-14-6-3-4-7-16(14)20)25-15-9-11-26(13-15)18-17(21)8-5-10-23-18;/h3-8,10,15H,2,9,11-13H2,1H3,(H2,22,24,25);1H. The van der Waals surface area contributed by atoms with Crippen molar-refractivity contribution in [1.82, 2.24) is 15.6 Å². The number of hydrogen-bond donors (Lipinski definition) is 2. The molecule has 0 aliphatic carbocycles. The molecule has 2 heterocycles. The molecule has 1 atom stereocenters. The van der Waals surface area contributed by atoms with Crippen molar-refractivity contribution in [3.8, 4) is 0 Å². The van der Waals surface area contributed by atoms with Gasteiger partial charge >= 0.3 is 0 Å². The van der Waals surface area contributed by atoms with E-state index >= 15 is 0 Å². The number of aliphatic imine (C=N–C) groups is 1. The summed E-state index contributed by atoms with van der Waals surface area (Å²) in [4.78, 5) is 10.7. The van der Waals surface area contributed by atoms with E-state index in [4.69, 9.17) is 11.6 Å². The molecule has 1 unspecified atom stereocenters. The van der Waals surface area contributed by atoms with E-state index in [1.165, 1.54) is 6.07 Å². The molecule has 1 fully saturated rings. The van der Waals surface area contributed by atoms with Crippen LogP contribution in [0.25, 0.3) is 0 Å². The number of benzene rings is 1. The molecule has 146 valence electrons. The predicted octanol–water partition coefficient (Wildman–Crippen LogP) is 3.83. The van der Waals surface area contributed by atoms with Crippen molar-refractivity contribution >= 4 is 47.4 Å². The van der Waals surface area contributed by atoms with Gasteiger partial charge in [-0.1, -0.05) is 29.8 Å². The number of nitrogens with zero attached hydrogens (tertiary/aromatic N) is 3. The number of halogens is 3. The second-order valence-electron chi connectivity index (χ2n) is 6.17. The summed E-state index contributed by atoms with van der Waals surface area (Å²) in [5.41, 5.74) is 0.981. The van der Waals surface area contributed by atoms with Crippen molar-refractivity contribution in [3.05, 3.63) is 59.0 Å². The van der Waals surface area contributed by atoms with E-state index in [0.29, 0.717) is 23.9 Å². The van der Waals surface area contributed by atoms with Gasteiger partial charge in [-0.3, -0.25) is 0 Å². The van der Waals surface area contributed by atoms with Crippen LogP contribution in [0.5, 0.6) is 0 Å². The summed E-state index contributed by atoms with van der Waals surface area (Å²) in [6.07, 6.45) is 2.51. The Hall–Kier alpha value is -1.61. The van der Waals surface area contributed by atoms with Crippen LogP contribution in [-0.2, 0) is 6.54 Å². The summed E-state index contributed by atoms with van der Waals surface area (Å²) < 4.78 is 13.9. The van der Waals surface area contributed by atoms with Crippen LogP contribution in [0, 0.1) is 5.82 Å². The van der Waals surface area contributed by atoms with Crippen LogP contribution in [0.3, 0.4) is 0 Å². The summed E-state index contributed by atoms with van der Waals surface area (Å²) in [6.45, 7) is 4.73. The Bertz CT molecular complexity index is 773. The summed E-state index contributed by atoms with van der Waals surface area (Å²) in [5, 5.41) is 7.40. The smallest absolute Gasteiger partial charge is 0.191 e. The lowest BCUT2D eigenvalue weighted by Crippen LogP contribution is -2.44. The van der Waals surface area contributed by atoms with Gasteiger partial charge in [-0.25, -0.2) is 14.4 Å². The molecule has 1 aromatic heterocycles. The van der Waals surface area contributed by atoms with Crippen molar-refractivity contribution in [1.29, 1.82) is 0 Å². The van der Waals surface area contributed by atoms with Crippen LogP contribution in [-0.4, -0.2) is 36.6 Å². The second-order valence-corrected chi connectivity index (χ2v) is 6.58. The number of nitrogens with one attached hydrogen (secondary N) is 2. The van der Waals surface area contributed by atoms with Gasteiger partial charge in [0.05, 0.1) is 6.54 Å². The van der Waals surface area contributed by atoms with Crippen molar-refractivity contribution in [3.63, 3.8) is 0 Å². The number of hydrogen-bond acceptors (Lipinski definition) is 3. The monoisotopic (exact) mass is 503 g/mol. The van der Waals surface area contributed by atoms with Gasteiger partial charge in [0.25, 0.3) is 0 Å². The lowest BCUT2D eigenvalue weighted by atomic mass is 10.2. The summed E-state index contributed by atoms with van der Waals surface area (Å²) >= 11 is 6.20. The molecular weight excluding hydrogens is 480 g/mol. The molecule has 5 nitrogen and oxygen atoms in total. The van der Waals surface area contributed by atoms with Crippen LogP contribution in [0.2, 0.25) is 5.02 Å². The van der Waals surface area contributed by atoms with E-state index in [9.17, 15) is 4.39 Å². The largest absolute Gasteiger partial charge is 0.357 e. The maximum absolute atomic E-state index is 13.9. The molecule has 3 rings (SSSR count). The van der Waals surface area contributed by atoms with Crippen molar-refractivity contribution in [2.24, 2.45) is 4.99 Å². The zero-order valence-corrected chi connectivity index (χ0v) is 18.2. The van der Waals surface area contributed by atoms with Crippen molar-refractivity contribution in [2.75, 3.05) is 24.5 Å². The first kappa shape index (κ1) is 21.7. The number of guanidine groups is 1. The van der Waals surface area contributed by atoms with Gasteiger partial charge in [-0.05, 0) is 37.1 Å². The third-order valence-corrected chi connectivity index (χ3v) is 4.65. The Morgan fingerprint density at radius 3 is 2.89 bits per heavy atom. The quantitative estimate of drug-likeness (QED) is 0.370. The molecule has 8 heteroatoms. The maximum Gasteiger partial charge on any atom is 0.191 e. The molecule has 2 aromatic rings. The Morgan fingerprint density at radius 2 is 2.15 bits per heavy atom. The maximum atomic E-state index is 13.9. The molecule has 1 aliphatic heterocycles. The van der Waals surface area contributed by atoms with E-state index in [2.05, 4.69) is 20.6 Å². The zero-order valence-electron chi connectivity index (χ0n) is 15.2. The fourth-order valence-electron chi connectivity index (χ4n) is 2.98. The molecule has 0 radical (unpaired) electrons. The van der Waals surface area contributed by atoms with Crippen LogP contribution >= 0.6 is 35.6 Å². The zero-order chi connectivity index (χ0) is 18.4. The fourth-order valence-corrected chi connectivity index (χ4v) is 3.18. The van der Waals surface area contributed by atoms with E-state index in [1.54, 1.807) is 12.3 Å². The minimum absolute atomic E-state index is 0. The SMILES string of the molecule is CCNC(=NCc1ccccc1Cl)NC1CCN(c2ncccc2F)C1.I. The number of pyridine rings is 1. The molecule has 0 spiro atoms. The van der Waals surface area contributed by atoms with Gasteiger partial charge in [0.2, 0.25) is 0 Å². The van der Waals surface area contributed by atoms with Crippen LogP contribution in [0.4, 0.5) is 10.2 Å². The highest BCUT2D eigenvalue weighted by Gasteiger charge is 2.25. The second kappa shape index (κ2) is 10.7. The van der Waals surface area contributed by atoms with Gasteiger partial charge in [0, 0.05) is 36.9 Å². The van der Waals surface area contributed by atoms with Gasteiger partial charge in [0.1, 0.15) is 0 Å². The van der Waals surface area contributed by atoms with E-state index < -0.39 is 0 Å². The summed E-state index contributed by atoms with van der Waals surface area (Å²) in [6, 6.07) is 10.9. The molecule has 0 saturated carbocycles. The van der Waals surface area contributed by atoms with Gasteiger partial charge in [-0.2, -0.15) is 0 Å². The van der Waals surface area contributed by atoms with Gasteiger partial charge in [0.15, 0.2) is 17.6 Å². The van der Waals surface area contributed by atoms with Gasteiger partial charge in [-0.15, -0.1) is 24.0 Å². The van der Waals surface area contributed by atoms with Gasteiger partial charge < -0.3 is 15.5 Å². The summed E-state index contributed by atoms with van der Waals surface area (Å²) in [5.74, 6) is 0.864. The van der Waals surface area contributed by atoms with Crippen LogP contribution < -0.4 is 15.5 Å². The molecule has 1 aromatic carbocycles. The first-order chi connectivity index (χ1) is 12.7. The minimum atomic E-state index is -0.285. The number of anilines is 1. The predicted molar refractivity (Wildman–Crippen MR) is 120 cm³/mol. The normalized spacial score (nSPS) is 16.8. The fraction of sp³-hybridized carbons (Fsp3) is 0.368. The molecule has 0 bridgehead atoms. The van der Waals surface area contributed by atoms with Crippen molar-refractivity contribution < 1.29 is 4.39 Å². The Morgan fingerprint density at radius 1 is 1.33 bits per heavy atom. The number of aromatic nitrogens is 1. The highest BCUT2D eigenvalue weighted by atomic mass is 127. The third kappa shape index (κ3) is 5.93. The average molecular weight is 504 g/mol. The number of rotatable bonds is 5. The molecule has 0 amide bonds. The lowest BCUT2D eigenvalue weighted by Gasteiger charge is -2.20. The molecule has 1 saturated heterocycles. The first-order valence-corrected chi connectivity index (χ1v) is 9.19. The van der Waals surface area contributed by atoms with Crippen molar-refractivity contribution in [2.45, 2.75) is 25.9 Å². The molecule has 2 N–H and O–H groups in total. The molecule has 27 heavy (non-hydrogen) atoms. The van der Waals surface area contributed by atoms with Crippen LogP contribution in [0.15, 0.2) is 47.6 Å². The van der Waals surface area contributed by atoms with E-state index in [-0.39, 0.29) is 35.8 Å². The average Bonchev–Trinajstić information content (AvgIpc) is 3.10. The lowest BCUT2D eigenvalue weighted by molar-refractivity contribution is 0.612. The summed E-state index contributed by atoms with van der Waals surface area (Å²) in [7, 11) is 0. The van der Waals surface area contributed by atoms with E-state index in [1.807, 2.05) is 36.1 Å². The Labute approximate surface area is 181 Å². The Kier molecular flexibility index (Phi) is 8.56. The highest BCUT2D eigenvalue weighted by molar-refractivity contribution is 14.0. The van der Waals surface area contributed by atoms with E-state index in [0.717, 1.165) is 31.0 Å².